The van der Waals surface area contributed by atoms with Gasteiger partial charge in [-0.15, -0.1) is 13.2 Å². The van der Waals surface area contributed by atoms with Crippen molar-refractivity contribution in [1.82, 2.24) is 0 Å². The highest BCUT2D eigenvalue weighted by atomic mass is 32.2. The minimum Gasteiger partial charge on any atom is -0.405 e. The van der Waals surface area contributed by atoms with Crippen LogP contribution >= 0.6 is 11.8 Å². The van der Waals surface area contributed by atoms with Gasteiger partial charge in [0.1, 0.15) is 11.3 Å². The predicted octanol–water partition coefficient (Wildman–Crippen LogP) is 2.79. The third-order valence-electron chi connectivity index (χ3n) is 4.23. The summed E-state index contributed by atoms with van der Waals surface area (Å²) in [5.41, 5.74) is 4.35. The van der Waals surface area contributed by atoms with E-state index in [0.29, 0.717) is 5.75 Å². The standard InChI is InChI=1S/C14H14F3N3O4S/c15-14(16,17)24-11-2-1-9(20(21)22)5-10(11)13-3-4-23-6-8(13)7-25-12(18)19-13/h1-2,5,8H,3-4,6-7H2,(H2,18,19). The highest BCUT2D eigenvalue weighted by Gasteiger charge is 2.48. The fraction of sp³-hybridized carbons (Fsp3) is 0.500. The number of fused-ring (bicyclic) bond motifs is 1. The molecule has 1 saturated heterocycles. The molecule has 0 aliphatic carbocycles. The molecule has 2 N–H and O–H groups in total. The van der Waals surface area contributed by atoms with E-state index >= 15 is 0 Å². The van der Waals surface area contributed by atoms with Gasteiger partial charge in [-0.2, -0.15) is 0 Å². The zero-order valence-electron chi connectivity index (χ0n) is 12.8. The van der Waals surface area contributed by atoms with E-state index in [4.69, 9.17) is 10.5 Å². The second-order valence-electron chi connectivity index (χ2n) is 5.69. The van der Waals surface area contributed by atoms with Gasteiger partial charge in [0.2, 0.25) is 0 Å². The molecule has 1 aromatic rings. The monoisotopic (exact) mass is 377 g/mol. The molecule has 1 aromatic carbocycles. The Bertz CT molecular complexity index is 728. The lowest BCUT2D eigenvalue weighted by molar-refractivity contribution is -0.385. The summed E-state index contributed by atoms with van der Waals surface area (Å²) >= 11 is 1.28. The predicted molar refractivity (Wildman–Crippen MR) is 84.5 cm³/mol. The van der Waals surface area contributed by atoms with Gasteiger partial charge in [0.25, 0.3) is 5.69 Å². The highest BCUT2D eigenvalue weighted by Crippen LogP contribution is 2.49. The summed E-state index contributed by atoms with van der Waals surface area (Å²) in [4.78, 5) is 14.8. The molecule has 2 heterocycles. The number of aliphatic imine (C=N–C) groups is 1. The topological polar surface area (TPSA) is 100.0 Å². The van der Waals surface area contributed by atoms with Crippen molar-refractivity contribution in [3.05, 3.63) is 33.9 Å². The van der Waals surface area contributed by atoms with Crippen LogP contribution in [-0.2, 0) is 10.3 Å². The van der Waals surface area contributed by atoms with Gasteiger partial charge >= 0.3 is 6.36 Å². The Morgan fingerprint density at radius 1 is 1.48 bits per heavy atom. The molecule has 0 aromatic heterocycles. The summed E-state index contributed by atoms with van der Waals surface area (Å²) in [5, 5.41) is 11.3. The number of halogens is 3. The molecule has 2 atom stereocenters. The second kappa shape index (κ2) is 6.37. The van der Waals surface area contributed by atoms with Crippen LogP contribution < -0.4 is 10.5 Å². The maximum atomic E-state index is 12.8. The molecule has 2 aliphatic heterocycles. The molecule has 7 nitrogen and oxygen atoms in total. The van der Waals surface area contributed by atoms with Crippen LogP contribution in [0.25, 0.3) is 0 Å². The first-order valence-electron chi connectivity index (χ1n) is 7.32. The van der Waals surface area contributed by atoms with E-state index < -0.39 is 22.6 Å². The minimum absolute atomic E-state index is 0.00979. The molecule has 2 aliphatic rings. The molecular formula is C14H14F3N3O4S. The fourth-order valence-electron chi connectivity index (χ4n) is 3.14. The van der Waals surface area contributed by atoms with Crippen molar-refractivity contribution in [3.8, 4) is 5.75 Å². The van der Waals surface area contributed by atoms with Crippen molar-refractivity contribution in [2.75, 3.05) is 19.0 Å². The number of hydrogen-bond donors (Lipinski definition) is 1. The Balaban J connectivity index is 2.19. The average molecular weight is 377 g/mol. The van der Waals surface area contributed by atoms with Crippen LogP contribution in [0.2, 0.25) is 0 Å². The van der Waals surface area contributed by atoms with E-state index in [9.17, 15) is 23.3 Å². The Labute approximate surface area is 144 Å². The summed E-state index contributed by atoms with van der Waals surface area (Å²) < 4.78 is 47.9. The van der Waals surface area contributed by atoms with E-state index in [1.165, 1.54) is 11.8 Å². The molecule has 0 bridgehead atoms. The van der Waals surface area contributed by atoms with Crippen LogP contribution in [-0.4, -0.2) is 35.4 Å². The molecule has 3 rings (SSSR count). The summed E-state index contributed by atoms with van der Waals surface area (Å²) in [6.07, 6.45) is -4.67. The third kappa shape index (κ3) is 3.52. The third-order valence-corrected chi connectivity index (χ3v) is 5.19. The molecule has 0 radical (unpaired) electrons. The lowest BCUT2D eigenvalue weighted by Gasteiger charge is -2.44. The molecule has 11 heteroatoms. The number of non-ortho nitro benzene ring substituents is 1. The Hall–Kier alpha value is -2.01. The van der Waals surface area contributed by atoms with Crippen molar-refractivity contribution < 1.29 is 27.6 Å². The number of nitrogens with zero attached hydrogens (tertiary/aromatic N) is 2. The zero-order valence-corrected chi connectivity index (χ0v) is 13.6. The number of nitrogens with two attached hydrogens (primary N) is 1. The lowest BCUT2D eigenvalue weighted by Crippen LogP contribution is -2.47. The maximum Gasteiger partial charge on any atom is 0.573 e. The highest BCUT2D eigenvalue weighted by molar-refractivity contribution is 8.13. The fourth-order valence-corrected chi connectivity index (χ4v) is 4.11. The van der Waals surface area contributed by atoms with Crippen LogP contribution in [0, 0.1) is 16.0 Å². The van der Waals surface area contributed by atoms with Crippen molar-refractivity contribution >= 4 is 22.6 Å². The van der Waals surface area contributed by atoms with E-state index in [1.54, 1.807) is 0 Å². The first-order valence-corrected chi connectivity index (χ1v) is 8.30. The van der Waals surface area contributed by atoms with Gasteiger partial charge in [-0.25, -0.2) is 0 Å². The lowest BCUT2D eigenvalue weighted by atomic mass is 9.75. The summed E-state index contributed by atoms with van der Waals surface area (Å²) in [5.74, 6) is -0.284. The first kappa shape index (κ1) is 17.8. The summed E-state index contributed by atoms with van der Waals surface area (Å²) in [7, 11) is 0. The van der Waals surface area contributed by atoms with Gasteiger partial charge in [-0.05, 0) is 6.07 Å². The van der Waals surface area contributed by atoms with Crippen LogP contribution in [0.15, 0.2) is 23.2 Å². The van der Waals surface area contributed by atoms with Gasteiger partial charge in [-0.3, -0.25) is 15.1 Å². The van der Waals surface area contributed by atoms with Crippen molar-refractivity contribution in [2.45, 2.75) is 18.3 Å². The van der Waals surface area contributed by atoms with E-state index in [1.807, 2.05) is 0 Å². The van der Waals surface area contributed by atoms with Gasteiger partial charge in [0.05, 0.1) is 11.5 Å². The maximum absolute atomic E-state index is 12.8. The SMILES string of the molecule is NC1=NC2(c3cc([N+](=O)[O-])ccc3OC(F)(F)F)CCOCC2CS1. The number of hydrogen-bond acceptors (Lipinski definition) is 7. The summed E-state index contributed by atoms with van der Waals surface area (Å²) in [6.45, 7) is 0.532. The number of amidine groups is 1. The number of nitro groups is 1. The van der Waals surface area contributed by atoms with Gasteiger partial charge in [-0.1, -0.05) is 11.8 Å². The van der Waals surface area contributed by atoms with Crippen LogP contribution in [0.1, 0.15) is 12.0 Å². The van der Waals surface area contributed by atoms with Gasteiger partial charge in [0.15, 0.2) is 5.17 Å². The molecule has 1 fully saturated rings. The molecule has 0 saturated carbocycles. The molecular weight excluding hydrogens is 363 g/mol. The zero-order chi connectivity index (χ0) is 18.2. The van der Waals surface area contributed by atoms with Gasteiger partial charge in [0, 0.05) is 42.4 Å². The number of ether oxygens (including phenoxy) is 2. The molecule has 0 spiro atoms. The largest absolute Gasteiger partial charge is 0.573 e. The Morgan fingerprint density at radius 2 is 2.24 bits per heavy atom. The van der Waals surface area contributed by atoms with Crippen LogP contribution in [0.5, 0.6) is 5.75 Å². The van der Waals surface area contributed by atoms with Crippen LogP contribution in [0.4, 0.5) is 18.9 Å². The first-order chi connectivity index (χ1) is 11.7. The number of rotatable bonds is 3. The second-order valence-corrected chi connectivity index (χ2v) is 6.73. The van der Waals surface area contributed by atoms with Crippen molar-refractivity contribution in [2.24, 2.45) is 16.6 Å². The number of benzene rings is 1. The van der Waals surface area contributed by atoms with E-state index in [0.717, 1.165) is 18.2 Å². The van der Waals surface area contributed by atoms with E-state index in [2.05, 4.69) is 9.73 Å². The van der Waals surface area contributed by atoms with Crippen molar-refractivity contribution in [1.29, 1.82) is 0 Å². The minimum atomic E-state index is -4.93. The average Bonchev–Trinajstić information content (AvgIpc) is 2.53. The summed E-state index contributed by atoms with van der Waals surface area (Å²) in [6, 6.07) is 3.02. The van der Waals surface area contributed by atoms with Gasteiger partial charge < -0.3 is 15.2 Å². The Morgan fingerprint density at radius 3 is 2.92 bits per heavy atom. The number of nitro benzene ring substituents is 1. The molecule has 25 heavy (non-hydrogen) atoms. The quantitative estimate of drug-likeness (QED) is 0.642. The van der Waals surface area contributed by atoms with Crippen molar-refractivity contribution in [3.63, 3.8) is 0 Å². The van der Waals surface area contributed by atoms with E-state index in [-0.39, 0.29) is 42.0 Å². The van der Waals surface area contributed by atoms with Crippen LogP contribution in [0.3, 0.4) is 0 Å². The smallest absolute Gasteiger partial charge is 0.405 e. The Kier molecular flexibility index (Phi) is 4.54. The molecule has 2 unspecified atom stereocenters. The molecule has 0 amide bonds. The number of alkyl halides is 3. The molecule has 136 valence electrons. The normalized spacial score (nSPS) is 26.5. The number of thioether (sulfide) groups is 1.